The summed E-state index contributed by atoms with van der Waals surface area (Å²) >= 11 is 0. The van der Waals surface area contributed by atoms with E-state index in [0.29, 0.717) is 0 Å². The largest absolute Gasteiger partial charge is 0.384 e. The predicted octanol–water partition coefficient (Wildman–Crippen LogP) is 1.81. The van der Waals surface area contributed by atoms with Crippen molar-refractivity contribution in [3.05, 3.63) is 35.4 Å². The van der Waals surface area contributed by atoms with Crippen molar-refractivity contribution in [3.63, 3.8) is 0 Å². The van der Waals surface area contributed by atoms with Crippen LogP contribution in [0.15, 0.2) is 24.3 Å². The van der Waals surface area contributed by atoms with Crippen molar-refractivity contribution in [1.29, 1.82) is 0 Å². The quantitative estimate of drug-likeness (QED) is 0.766. The highest BCUT2D eigenvalue weighted by atomic mass is 16.3. The Hall–Kier alpha value is -0.860. The van der Waals surface area contributed by atoms with E-state index >= 15 is 0 Å². The summed E-state index contributed by atoms with van der Waals surface area (Å²) in [5, 5.41) is 9.96. The number of benzene rings is 1. The van der Waals surface area contributed by atoms with Gasteiger partial charge in [0.1, 0.15) is 0 Å². The summed E-state index contributed by atoms with van der Waals surface area (Å²) in [5.41, 5.74) is 6.78. The van der Waals surface area contributed by atoms with Crippen LogP contribution in [0.2, 0.25) is 0 Å². The minimum atomic E-state index is -0.899. The molecular formula is C12H19NO. The number of nitrogens with two attached hydrogens (primary N) is 1. The molecule has 3 N–H and O–H groups in total. The van der Waals surface area contributed by atoms with E-state index in [1.165, 1.54) is 5.56 Å². The SMILES string of the molecule is CCCc1cccc(C(C)(O)CN)c1. The molecule has 1 aromatic carbocycles. The molecule has 0 bridgehead atoms. The van der Waals surface area contributed by atoms with Gasteiger partial charge in [-0.2, -0.15) is 0 Å². The Morgan fingerprint density at radius 3 is 2.71 bits per heavy atom. The van der Waals surface area contributed by atoms with Gasteiger partial charge in [-0.1, -0.05) is 37.6 Å². The molecule has 0 aromatic heterocycles. The fourth-order valence-corrected chi connectivity index (χ4v) is 1.47. The van der Waals surface area contributed by atoms with Crippen LogP contribution < -0.4 is 5.73 Å². The van der Waals surface area contributed by atoms with E-state index in [9.17, 15) is 5.11 Å². The summed E-state index contributed by atoms with van der Waals surface area (Å²) in [7, 11) is 0. The molecule has 0 fully saturated rings. The Morgan fingerprint density at radius 1 is 1.43 bits per heavy atom. The first-order valence-electron chi connectivity index (χ1n) is 5.12. The van der Waals surface area contributed by atoms with Gasteiger partial charge in [0.25, 0.3) is 0 Å². The van der Waals surface area contributed by atoms with E-state index in [1.54, 1.807) is 6.92 Å². The average Bonchev–Trinajstić information content (AvgIpc) is 2.19. The molecule has 0 aliphatic rings. The second-order valence-corrected chi connectivity index (χ2v) is 3.93. The molecule has 1 unspecified atom stereocenters. The molecule has 0 saturated carbocycles. The minimum absolute atomic E-state index is 0.253. The molecule has 1 aromatic rings. The van der Waals surface area contributed by atoms with Gasteiger partial charge in [-0.25, -0.2) is 0 Å². The fraction of sp³-hybridized carbons (Fsp3) is 0.500. The molecule has 14 heavy (non-hydrogen) atoms. The van der Waals surface area contributed by atoms with Gasteiger partial charge in [-0.3, -0.25) is 0 Å². The Labute approximate surface area is 85.8 Å². The number of aryl methyl sites for hydroxylation is 1. The Bertz CT molecular complexity index is 294. The van der Waals surface area contributed by atoms with Crippen LogP contribution in [-0.4, -0.2) is 11.7 Å². The van der Waals surface area contributed by atoms with Gasteiger partial charge in [0, 0.05) is 6.54 Å². The normalized spacial score (nSPS) is 15.1. The summed E-state index contributed by atoms with van der Waals surface area (Å²) in [6.07, 6.45) is 2.17. The highest BCUT2D eigenvalue weighted by molar-refractivity contribution is 5.28. The van der Waals surface area contributed by atoms with Gasteiger partial charge >= 0.3 is 0 Å². The minimum Gasteiger partial charge on any atom is -0.384 e. The lowest BCUT2D eigenvalue weighted by Crippen LogP contribution is -2.31. The fourth-order valence-electron chi connectivity index (χ4n) is 1.47. The van der Waals surface area contributed by atoms with Crippen molar-refractivity contribution in [2.24, 2.45) is 5.73 Å². The molecule has 0 spiro atoms. The number of aliphatic hydroxyl groups is 1. The molecule has 2 nitrogen and oxygen atoms in total. The van der Waals surface area contributed by atoms with Gasteiger partial charge < -0.3 is 10.8 Å². The van der Waals surface area contributed by atoms with Crippen molar-refractivity contribution < 1.29 is 5.11 Å². The van der Waals surface area contributed by atoms with Crippen LogP contribution in [0.5, 0.6) is 0 Å². The van der Waals surface area contributed by atoms with Crippen molar-refractivity contribution in [2.45, 2.75) is 32.3 Å². The molecule has 2 heteroatoms. The van der Waals surface area contributed by atoms with Crippen LogP contribution in [-0.2, 0) is 12.0 Å². The first-order chi connectivity index (χ1) is 6.60. The second kappa shape index (κ2) is 4.58. The van der Waals surface area contributed by atoms with Gasteiger partial charge in [0.15, 0.2) is 0 Å². The molecule has 1 rings (SSSR count). The average molecular weight is 193 g/mol. The van der Waals surface area contributed by atoms with Gasteiger partial charge in [-0.15, -0.1) is 0 Å². The Morgan fingerprint density at radius 2 is 2.14 bits per heavy atom. The van der Waals surface area contributed by atoms with Crippen LogP contribution in [0.25, 0.3) is 0 Å². The second-order valence-electron chi connectivity index (χ2n) is 3.93. The van der Waals surface area contributed by atoms with Crippen LogP contribution >= 0.6 is 0 Å². The lowest BCUT2D eigenvalue weighted by atomic mass is 9.94. The number of hydrogen-bond acceptors (Lipinski definition) is 2. The number of hydrogen-bond donors (Lipinski definition) is 2. The predicted molar refractivity (Wildman–Crippen MR) is 59.1 cm³/mol. The monoisotopic (exact) mass is 193 g/mol. The zero-order valence-electron chi connectivity index (χ0n) is 8.96. The molecule has 1 atom stereocenters. The first-order valence-corrected chi connectivity index (χ1v) is 5.12. The third kappa shape index (κ3) is 2.56. The number of rotatable bonds is 4. The maximum absolute atomic E-state index is 9.96. The maximum Gasteiger partial charge on any atom is 0.0990 e. The lowest BCUT2D eigenvalue weighted by molar-refractivity contribution is 0.0667. The maximum atomic E-state index is 9.96. The summed E-state index contributed by atoms with van der Waals surface area (Å²) in [5.74, 6) is 0. The van der Waals surface area contributed by atoms with Crippen LogP contribution in [0.1, 0.15) is 31.4 Å². The van der Waals surface area contributed by atoms with Crippen molar-refractivity contribution >= 4 is 0 Å². The molecule has 0 aliphatic heterocycles. The highest BCUT2D eigenvalue weighted by Crippen LogP contribution is 2.20. The van der Waals surface area contributed by atoms with E-state index in [4.69, 9.17) is 5.73 Å². The Kier molecular flexibility index (Phi) is 3.67. The topological polar surface area (TPSA) is 46.2 Å². The van der Waals surface area contributed by atoms with E-state index < -0.39 is 5.60 Å². The first kappa shape index (κ1) is 11.2. The highest BCUT2D eigenvalue weighted by Gasteiger charge is 2.20. The van der Waals surface area contributed by atoms with E-state index in [2.05, 4.69) is 13.0 Å². The third-order valence-electron chi connectivity index (χ3n) is 2.49. The van der Waals surface area contributed by atoms with Crippen molar-refractivity contribution in [2.75, 3.05) is 6.54 Å². The van der Waals surface area contributed by atoms with E-state index in [1.807, 2.05) is 18.2 Å². The molecular weight excluding hydrogens is 174 g/mol. The van der Waals surface area contributed by atoms with Gasteiger partial charge in [0.2, 0.25) is 0 Å². The third-order valence-corrected chi connectivity index (χ3v) is 2.49. The van der Waals surface area contributed by atoms with Gasteiger partial charge in [0.05, 0.1) is 5.60 Å². The van der Waals surface area contributed by atoms with Crippen molar-refractivity contribution in [3.8, 4) is 0 Å². The smallest absolute Gasteiger partial charge is 0.0990 e. The standard InChI is InChI=1S/C12H19NO/c1-3-5-10-6-4-7-11(8-10)12(2,14)9-13/h4,6-8,14H,3,5,9,13H2,1-2H3. The Balaban J connectivity index is 2.93. The molecule has 0 radical (unpaired) electrons. The van der Waals surface area contributed by atoms with Crippen LogP contribution in [0.3, 0.4) is 0 Å². The molecule has 0 heterocycles. The molecule has 0 amide bonds. The summed E-state index contributed by atoms with van der Waals surface area (Å²) < 4.78 is 0. The molecule has 0 aliphatic carbocycles. The zero-order chi connectivity index (χ0) is 10.6. The molecule has 0 saturated heterocycles. The van der Waals surface area contributed by atoms with E-state index in [-0.39, 0.29) is 6.54 Å². The van der Waals surface area contributed by atoms with Gasteiger partial charge in [-0.05, 0) is 24.5 Å². The van der Waals surface area contributed by atoms with Crippen LogP contribution in [0, 0.1) is 0 Å². The lowest BCUT2D eigenvalue weighted by Gasteiger charge is -2.22. The summed E-state index contributed by atoms with van der Waals surface area (Å²) in [6.45, 7) is 4.15. The molecule has 78 valence electrons. The zero-order valence-corrected chi connectivity index (χ0v) is 8.96. The summed E-state index contributed by atoms with van der Waals surface area (Å²) in [4.78, 5) is 0. The van der Waals surface area contributed by atoms with E-state index in [0.717, 1.165) is 18.4 Å². The summed E-state index contributed by atoms with van der Waals surface area (Å²) in [6, 6.07) is 8.02. The van der Waals surface area contributed by atoms with Crippen molar-refractivity contribution in [1.82, 2.24) is 0 Å². The van der Waals surface area contributed by atoms with Crippen LogP contribution in [0.4, 0.5) is 0 Å².